The van der Waals surface area contributed by atoms with Crippen LogP contribution in [0.3, 0.4) is 0 Å². The average molecular weight is 330 g/mol. The van der Waals surface area contributed by atoms with Gasteiger partial charge >= 0.3 is 0 Å². The van der Waals surface area contributed by atoms with Crippen molar-refractivity contribution in [3.05, 3.63) is 45.9 Å². The molecule has 4 rings (SSSR count). The van der Waals surface area contributed by atoms with Gasteiger partial charge < -0.3 is 10.3 Å². The Labute approximate surface area is 138 Å². The van der Waals surface area contributed by atoms with Crippen LogP contribution in [0.25, 0.3) is 16.6 Å². The maximum absolute atomic E-state index is 12.1. The van der Waals surface area contributed by atoms with Crippen LogP contribution < -0.4 is 10.9 Å². The largest absolute Gasteiger partial charge is 0.317 e. The van der Waals surface area contributed by atoms with Gasteiger partial charge in [-0.25, -0.2) is 4.52 Å². The van der Waals surface area contributed by atoms with Crippen LogP contribution >= 0.6 is 12.4 Å². The summed E-state index contributed by atoms with van der Waals surface area (Å²) in [6, 6.07) is 9.25. The van der Waals surface area contributed by atoms with Gasteiger partial charge in [0, 0.05) is 12.0 Å². The first-order valence-corrected chi connectivity index (χ1v) is 7.43. The van der Waals surface area contributed by atoms with Crippen molar-refractivity contribution in [2.45, 2.75) is 18.8 Å². The van der Waals surface area contributed by atoms with E-state index in [-0.39, 0.29) is 18.0 Å². The number of aromatic amines is 1. The molecule has 0 unspecified atom stereocenters. The first-order valence-electron chi connectivity index (χ1n) is 7.43. The van der Waals surface area contributed by atoms with Crippen molar-refractivity contribution in [2.24, 2.45) is 0 Å². The van der Waals surface area contributed by atoms with Gasteiger partial charge in [-0.05, 0) is 38.1 Å². The minimum atomic E-state index is -0.143. The summed E-state index contributed by atoms with van der Waals surface area (Å²) in [5.74, 6) is 0.311. The topological polar surface area (TPSA) is 86.0 Å². The Bertz CT molecular complexity index is 962. The van der Waals surface area contributed by atoms with E-state index >= 15 is 0 Å². The van der Waals surface area contributed by atoms with Crippen molar-refractivity contribution in [3.63, 3.8) is 0 Å². The third kappa shape index (κ3) is 2.48. The number of fused-ring (bicyclic) bond motifs is 3. The van der Waals surface area contributed by atoms with E-state index < -0.39 is 0 Å². The number of nitriles is 1. The maximum Gasteiger partial charge on any atom is 0.251 e. The SMILES string of the molecule is Cl.N#Cc1cccc2nn3c(C4CCNCC4)cc(=O)[nH]c3c12. The normalized spacial score (nSPS) is 15.4. The fraction of sp³-hybridized carbons (Fsp3) is 0.312. The van der Waals surface area contributed by atoms with Gasteiger partial charge in [-0.1, -0.05) is 6.07 Å². The Balaban J connectivity index is 0.00000156. The molecule has 2 N–H and O–H groups in total. The Morgan fingerprint density at radius 3 is 2.83 bits per heavy atom. The van der Waals surface area contributed by atoms with Gasteiger partial charge in [0.05, 0.1) is 28.2 Å². The predicted octanol–water partition coefficient (Wildman–Crippen LogP) is 1.94. The zero-order valence-corrected chi connectivity index (χ0v) is 13.2. The zero-order chi connectivity index (χ0) is 15.1. The zero-order valence-electron chi connectivity index (χ0n) is 12.4. The summed E-state index contributed by atoms with van der Waals surface area (Å²) in [5.41, 5.74) is 2.67. The molecule has 1 aromatic carbocycles. The van der Waals surface area contributed by atoms with Gasteiger partial charge in [0.1, 0.15) is 5.65 Å². The van der Waals surface area contributed by atoms with Gasteiger partial charge in [0.2, 0.25) is 0 Å². The number of nitrogens with zero attached hydrogens (tertiary/aromatic N) is 3. The van der Waals surface area contributed by atoms with Crippen LogP contribution in [-0.2, 0) is 0 Å². The molecule has 1 aliphatic rings. The molecule has 0 atom stereocenters. The maximum atomic E-state index is 12.1. The summed E-state index contributed by atoms with van der Waals surface area (Å²) < 4.78 is 1.81. The molecule has 7 heteroatoms. The number of halogens is 1. The van der Waals surface area contributed by atoms with Crippen LogP contribution in [0.2, 0.25) is 0 Å². The van der Waals surface area contributed by atoms with Crippen LogP contribution in [-0.4, -0.2) is 27.7 Å². The summed E-state index contributed by atoms with van der Waals surface area (Å²) in [7, 11) is 0. The molecule has 3 aromatic rings. The fourth-order valence-corrected chi connectivity index (χ4v) is 3.29. The van der Waals surface area contributed by atoms with E-state index in [0.717, 1.165) is 42.5 Å². The first-order chi connectivity index (χ1) is 10.8. The summed E-state index contributed by atoms with van der Waals surface area (Å²) in [6.07, 6.45) is 1.97. The molecule has 0 bridgehead atoms. The van der Waals surface area contributed by atoms with E-state index in [2.05, 4.69) is 21.5 Å². The van der Waals surface area contributed by atoms with Crippen molar-refractivity contribution in [2.75, 3.05) is 13.1 Å². The second-order valence-electron chi connectivity index (χ2n) is 5.65. The monoisotopic (exact) mass is 329 g/mol. The Morgan fingerprint density at radius 2 is 2.09 bits per heavy atom. The molecule has 0 aliphatic carbocycles. The molecular weight excluding hydrogens is 314 g/mol. The van der Waals surface area contributed by atoms with E-state index in [1.165, 1.54) is 0 Å². The smallest absolute Gasteiger partial charge is 0.251 e. The van der Waals surface area contributed by atoms with E-state index in [9.17, 15) is 10.1 Å². The average Bonchev–Trinajstić information content (AvgIpc) is 2.93. The molecule has 6 nitrogen and oxygen atoms in total. The molecular formula is C16H16ClN5O. The molecule has 118 valence electrons. The quantitative estimate of drug-likeness (QED) is 0.714. The summed E-state index contributed by atoms with van der Waals surface area (Å²) in [6.45, 7) is 1.90. The fourth-order valence-electron chi connectivity index (χ4n) is 3.29. The highest BCUT2D eigenvalue weighted by Crippen LogP contribution is 2.28. The van der Waals surface area contributed by atoms with Crippen molar-refractivity contribution < 1.29 is 0 Å². The Morgan fingerprint density at radius 1 is 1.30 bits per heavy atom. The number of hydrogen-bond donors (Lipinski definition) is 2. The molecule has 3 heterocycles. The van der Waals surface area contributed by atoms with E-state index in [0.29, 0.717) is 17.1 Å². The van der Waals surface area contributed by atoms with E-state index in [4.69, 9.17) is 0 Å². The van der Waals surface area contributed by atoms with Crippen LogP contribution in [0, 0.1) is 11.3 Å². The number of hydrogen-bond acceptors (Lipinski definition) is 4. The number of piperidine rings is 1. The summed E-state index contributed by atoms with van der Waals surface area (Å²) >= 11 is 0. The lowest BCUT2D eigenvalue weighted by atomic mass is 9.94. The lowest BCUT2D eigenvalue weighted by Gasteiger charge is -2.23. The van der Waals surface area contributed by atoms with Crippen molar-refractivity contribution in [3.8, 4) is 6.07 Å². The van der Waals surface area contributed by atoms with Gasteiger partial charge in [-0.2, -0.15) is 10.4 Å². The molecule has 0 radical (unpaired) electrons. The number of rotatable bonds is 1. The highest BCUT2D eigenvalue weighted by atomic mass is 35.5. The minimum absolute atomic E-state index is 0. The predicted molar refractivity (Wildman–Crippen MR) is 90.1 cm³/mol. The van der Waals surface area contributed by atoms with E-state index in [1.807, 2.05) is 16.6 Å². The molecule has 1 saturated heterocycles. The number of benzene rings is 1. The number of nitrogens with one attached hydrogen (secondary N) is 2. The number of aromatic nitrogens is 3. The standard InChI is InChI=1S/C16H15N5O.ClH/c17-9-11-2-1-3-12-15(11)16-19-14(22)8-13(21(16)20-12)10-4-6-18-7-5-10;/h1-3,8,10,18H,4-7H2,(H,19,22);1H. The third-order valence-electron chi connectivity index (χ3n) is 4.34. The van der Waals surface area contributed by atoms with Gasteiger partial charge in [-0.3, -0.25) is 4.79 Å². The lowest BCUT2D eigenvalue weighted by molar-refractivity contribution is 0.446. The van der Waals surface area contributed by atoms with Crippen molar-refractivity contribution in [1.29, 1.82) is 5.26 Å². The van der Waals surface area contributed by atoms with E-state index in [1.54, 1.807) is 12.1 Å². The summed E-state index contributed by atoms with van der Waals surface area (Å²) in [5, 5.41) is 18.0. The molecule has 2 aromatic heterocycles. The van der Waals surface area contributed by atoms with Crippen molar-refractivity contribution in [1.82, 2.24) is 19.9 Å². The third-order valence-corrected chi connectivity index (χ3v) is 4.34. The molecule has 0 amide bonds. The lowest BCUT2D eigenvalue weighted by Crippen LogP contribution is -2.28. The van der Waals surface area contributed by atoms with Gasteiger partial charge in [0.15, 0.2) is 0 Å². The second kappa shape index (κ2) is 6.03. The highest BCUT2D eigenvalue weighted by Gasteiger charge is 2.21. The van der Waals surface area contributed by atoms with Crippen LogP contribution in [0.1, 0.15) is 30.0 Å². The van der Waals surface area contributed by atoms with Gasteiger partial charge in [-0.15, -0.1) is 12.4 Å². The van der Waals surface area contributed by atoms with Crippen LogP contribution in [0.15, 0.2) is 29.1 Å². The van der Waals surface area contributed by atoms with Gasteiger partial charge in [0.25, 0.3) is 5.56 Å². The van der Waals surface area contributed by atoms with Crippen LogP contribution in [0.4, 0.5) is 0 Å². The van der Waals surface area contributed by atoms with Crippen LogP contribution in [0.5, 0.6) is 0 Å². The second-order valence-corrected chi connectivity index (χ2v) is 5.65. The molecule has 23 heavy (non-hydrogen) atoms. The molecule has 0 saturated carbocycles. The molecule has 1 aliphatic heterocycles. The first kappa shape index (κ1) is 15.5. The molecule has 0 spiro atoms. The highest BCUT2D eigenvalue weighted by molar-refractivity contribution is 5.96. The summed E-state index contributed by atoms with van der Waals surface area (Å²) in [4.78, 5) is 14.9. The Hall–Kier alpha value is -2.36. The Kier molecular flexibility index (Phi) is 4.07. The number of H-pyrrole nitrogens is 1. The minimum Gasteiger partial charge on any atom is -0.317 e. The van der Waals surface area contributed by atoms with Crippen molar-refractivity contribution >= 4 is 29.0 Å². The molecule has 1 fully saturated rings.